The van der Waals surface area contributed by atoms with Gasteiger partial charge in [-0.3, -0.25) is 10.1 Å². The Bertz CT molecular complexity index is 1260. The van der Waals surface area contributed by atoms with E-state index in [9.17, 15) is 4.79 Å². The van der Waals surface area contributed by atoms with Crippen LogP contribution >= 0.6 is 23.8 Å². The lowest BCUT2D eigenvalue weighted by Crippen LogP contribution is -2.32. The summed E-state index contributed by atoms with van der Waals surface area (Å²) in [6, 6.07) is 14.5. The average Bonchev–Trinajstić information content (AvgIpc) is 3.37. The molecule has 0 bridgehead atoms. The summed E-state index contributed by atoms with van der Waals surface area (Å²) in [4.78, 5) is 16.5. The van der Waals surface area contributed by atoms with Crippen LogP contribution in [0.3, 0.4) is 0 Å². The topological polar surface area (TPSA) is 80.3 Å². The highest BCUT2D eigenvalue weighted by atomic mass is 35.5. The van der Waals surface area contributed by atoms with Crippen molar-refractivity contribution in [1.82, 2.24) is 10.3 Å². The zero-order valence-corrected chi connectivity index (χ0v) is 17.4. The molecule has 30 heavy (non-hydrogen) atoms. The predicted octanol–water partition coefficient (Wildman–Crippen LogP) is 5.58. The first-order valence-electron chi connectivity index (χ1n) is 8.98. The number of oxazole rings is 1. The van der Waals surface area contributed by atoms with E-state index in [1.807, 2.05) is 25.1 Å². The van der Waals surface area contributed by atoms with E-state index in [0.29, 0.717) is 33.5 Å². The van der Waals surface area contributed by atoms with E-state index in [1.54, 1.807) is 36.4 Å². The molecule has 4 rings (SSSR count). The minimum absolute atomic E-state index is 0.144. The standard InChI is InChI=1S/C22H16ClN3O3S/c1-13-4-8-18-19(11-13)29-21(25-18)16-12-14(5-7-17(16)23)24-22(30)26-20(27)9-6-15-3-2-10-28-15/h2-12H,1H3,(H2,24,26,27,30). The Morgan fingerprint density at radius 3 is 2.87 bits per heavy atom. The molecule has 0 atom stereocenters. The molecule has 6 nitrogen and oxygen atoms in total. The van der Waals surface area contributed by atoms with E-state index in [-0.39, 0.29) is 11.0 Å². The Morgan fingerprint density at radius 1 is 1.20 bits per heavy atom. The third-order valence-electron chi connectivity index (χ3n) is 4.18. The summed E-state index contributed by atoms with van der Waals surface area (Å²) in [5.41, 5.74) is 3.76. The van der Waals surface area contributed by atoms with E-state index in [4.69, 9.17) is 32.7 Å². The Labute approximate surface area is 182 Å². The van der Waals surface area contributed by atoms with Gasteiger partial charge in [-0.05, 0) is 73.2 Å². The highest BCUT2D eigenvalue weighted by Gasteiger charge is 2.13. The lowest BCUT2D eigenvalue weighted by atomic mass is 10.2. The van der Waals surface area contributed by atoms with Gasteiger partial charge in [0.1, 0.15) is 11.3 Å². The molecule has 0 spiro atoms. The van der Waals surface area contributed by atoms with Crippen molar-refractivity contribution in [2.75, 3.05) is 5.32 Å². The van der Waals surface area contributed by atoms with Crippen LogP contribution in [0, 0.1) is 6.92 Å². The average molecular weight is 438 g/mol. The molecule has 150 valence electrons. The van der Waals surface area contributed by atoms with Crippen LogP contribution in [0.2, 0.25) is 5.02 Å². The monoisotopic (exact) mass is 437 g/mol. The molecule has 4 aromatic rings. The van der Waals surface area contributed by atoms with Crippen LogP contribution in [-0.2, 0) is 4.79 Å². The minimum atomic E-state index is -0.382. The number of carbonyl (C=O) groups excluding carboxylic acids is 1. The molecule has 2 aromatic heterocycles. The molecule has 2 N–H and O–H groups in total. The normalized spacial score (nSPS) is 11.1. The molecular weight excluding hydrogens is 422 g/mol. The summed E-state index contributed by atoms with van der Waals surface area (Å²) >= 11 is 11.6. The van der Waals surface area contributed by atoms with Gasteiger partial charge in [0.2, 0.25) is 11.8 Å². The van der Waals surface area contributed by atoms with Crippen molar-refractivity contribution in [2.45, 2.75) is 6.92 Å². The maximum atomic E-state index is 12.0. The second-order valence-electron chi connectivity index (χ2n) is 6.48. The molecule has 0 aliphatic carbocycles. The van der Waals surface area contributed by atoms with E-state index in [2.05, 4.69) is 15.6 Å². The largest absolute Gasteiger partial charge is 0.465 e. The van der Waals surface area contributed by atoms with E-state index in [1.165, 1.54) is 12.3 Å². The SMILES string of the molecule is Cc1ccc2nc(-c3cc(NC(=S)NC(=O)C=Cc4ccco4)ccc3Cl)oc2c1. The quantitative estimate of drug-likeness (QED) is 0.320. The van der Waals surface area contributed by atoms with Gasteiger partial charge < -0.3 is 14.2 Å². The number of hydrogen-bond donors (Lipinski definition) is 2. The number of amides is 1. The number of aromatic nitrogens is 1. The molecule has 2 aromatic carbocycles. The highest BCUT2D eigenvalue weighted by molar-refractivity contribution is 7.80. The Kier molecular flexibility index (Phi) is 5.65. The number of furan rings is 1. The van der Waals surface area contributed by atoms with Crippen molar-refractivity contribution in [2.24, 2.45) is 0 Å². The van der Waals surface area contributed by atoms with Gasteiger partial charge in [0.15, 0.2) is 10.7 Å². The number of rotatable bonds is 4. The van der Waals surface area contributed by atoms with Crippen LogP contribution in [0.15, 0.2) is 69.7 Å². The fourth-order valence-corrected chi connectivity index (χ4v) is 3.19. The first kappa shape index (κ1) is 19.9. The van der Waals surface area contributed by atoms with Crippen LogP contribution in [0.25, 0.3) is 28.6 Å². The first-order chi connectivity index (χ1) is 14.5. The molecule has 2 heterocycles. The smallest absolute Gasteiger partial charge is 0.250 e. The molecule has 8 heteroatoms. The number of thiocarbonyl (C=S) groups is 1. The van der Waals surface area contributed by atoms with Gasteiger partial charge in [-0.15, -0.1) is 0 Å². The Hall–Kier alpha value is -3.42. The maximum Gasteiger partial charge on any atom is 0.250 e. The van der Waals surface area contributed by atoms with Crippen molar-refractivity contribution in [3.8, 4) is 11.5 Å². The van der Waals surface area contributed by atoms with Crippen LogP contribution in [-0.4, -0.2) is 16.0 Å². The van der Waals surface area contributed by atoms with Gasteiger partial charge in [0, 0.05) is 11.8 Å². The second kappa shape index (κ2) is 8.52. The van der Waals surface area contributed by atoms with Crippen LogP contribution < -0.4 is 10.6 Å². The van der Waals surface area contributed by atoms with E-state index < -0.39 is 0 Å². The molecule has 0 saturated heterocycles. The van der Waals surface area contributed by atoms with E-state index in [0.717, 1.165) is 11.1 Å². The zero-order chi connectivity index (χ0) is 21.1. The molecule has 0 unspecified atom stereocenters. The van der Waals surface area contributed by atoms with Gasteiger partial charge in [0.25, 0.3) is 0 Å². The summed E-state index contributed by atoms with van der Waals surface area (Å²) in [5.74, 6) is 0.591. The molecule has 0 radical (unpaired) electrons. The number of aryl methyl sites for hydroxylation is 1. The van der Waals surface area contributed by atoms with E-state index >= 15 is 0 Å². The van der Waals surface area contributed by atoms with Crippen molar-refractivity contribution < 1.29 is 13.6 Å². The number of anilines is 1. The summed E-state index contributed by atoms with van der Waals surface area (Å²) in [6.07, 6.45) is 4.41. The fourth-order valence-electron chi connectivity index (χ4n) is 2.77. The maximum absolute atomic E-state index is 12.0. The van der Waals surface area contributed by atoms with Gasteiger partial charge in [-0.1, -0.05) is 17.7 Å². The van der Waals surface area contributed by atoms with Crippen molar-refractivity contribution in [3.63, 3.8) is 0 Å². The Balaban J connectivity index is 1.48. The highest BCUT2D eigenvalue weighted by Crippen LogP contribution is 2.32. The molecule has 0 aliphatic heterocycles. The number of carbonyl (C=O) groups is 1. The lowest BCUT2D eigenvalue weighted by molar-refractivity contribution is -0.115. The first-order valence-corrected chi connectivity index (χ1v) is 9.77. The molecule has 0 aliphatic rings. The lowest BCUT2D eigenvalue weighted by Gasteiger charge is -2.09. The minimum Gasteiger partial charge on any atom is -0.465 e. The van der Waals surface area contributed by atoms with Crippen molar-refractivity contribution in [1.29, 1.82) is 0 Å². The number of nitrogens with one attached hydrogen (secondary N) is 2. The number of benzene rings is 2. The third kappa shape index (κ3) is 4.59. The number of halogens is 1. The van der Waals surface area contributed by atoms with Gasteiger partial charge in [0.05, 0.1) is 16.8 Å². The van der Waals surface area contributed by atoms with Crippen LogP contribution in [0.5, 0.6) is 0 Å². The van der Waals surface area contributed by atoms with Crippen molar-refractivity contribution in [3.05, 3.63) is 77.2 Å². The molecule has 1 amide bonds. The van der Waals surface area contributed by atoms with Crippen LogP contribution in [0.4, 0.5) is 5.69 Å². The predicted molar refractivity (Wildman–Crippen MR) is 121 cm³/mol. The molecular formula is C22H16ClN3O3S. The summed E-state index contributed by atoms with van der Waals surface area (Å²) in [6.45, 7) is 1.98. The summed E-state index contributed by atoms with van der Waals surface area (Å²) in [7, 11) is 0. The number of nitrogens with zero attached hydrogens (tertiary/aromatic N) is 1. The van der Waals surface area contributed by atoms with Gasteiger partial charge >= 0.3 is 0 Å². The van der Waals surface area contributed by atoms with Crippen LogP contribution in [0.1, 0.15) is 11.3 Å². The molecule has 0 saturated carbocycles. The van der Waals surface area contributed by atoms with Crippen molar-refractivity contribution >= 4 is 57.7 Å². The Morgan fingerprint density at radius 2 is 2.07 bits per heavy atom. The number of fused-ring (bicyclic) bond motifs is 1. The third-order valence-corrected chi connectivity index (χ3v) is 4.71. The number of hydrogen-bond acceptors (Lipinski definition) is 5. The summed E-state index contributed by atoms with van der Waals surface area (Å²) < 4.78 is 11.0. The summed E-state index contributed by atoms with van der Waals surface area (Å²) in [5, 5.41) is 6.16. The molecule has 0 fully saturated rings. The fraction of sp³-hybridized carbons (Fsp3) is 0.0455. The van der Waals surface area contributed by atoms with Gasteiger partial charge in [-0.2, -0.15) is 0 Å². The zero-order valence-electron chi connectivity index (χ0n) is 15.8. The van der Waals surface area contributed by atoms with Gasteiger partial charge in [-0.25, -0.2) is 4.98 Å². The second-order valence-corrected chi connectivity index (χ2v) is 7.29.